The number of halogens is 1. The first-order chi connectivity index (χ1) is 6.86. The van der Waals surface area contributed by atoms with Crippen molar-refractivity contribution < 1.29 is 17.2 Å². The first-order valence-corrected chi connectivity index (χ1v) is 4.88. The summed E-state index contributed by atoms with van der Waals surface area (Å²) < 4.78 is 33.3. The Morgan fingerprint density at radius 2 is 2.07 bits per heavy atom. The van der Waals surface area contributed by atoms with Gasteiger partial charge in [0.15, 0.2) is 0 Å². The second-order valence-corrected chi connectivity index (χ2v) is 3.83. The van der Waals surface area contributed by atoms with Crippen molar-refractivity contribution in [2.45, 2.75) is 4.90 Å². The zero-order chi connectivity index (χ0) is 11.6. The van der Waals surface area contributed by atoms with Crippen molar-refractivity contribution in [2.75, 3.05) is 0 Å². The minimum Gasteiger partial charge on any atom is -0.258 e. The first kappa shape index (κ1) is 11.1. The lowest BCUT2D eigenvalue weighted by molar-refractivity contribution is -0.385. The van der Waals surface area contributed by atoms with Crippen LogP contribution >= 0.6 is 0 Å². The molecule has 0 aliphatic carbocycles. The molecule has 0 heterocycles. The second-order valence-electron chi connectivity index (χ2n) is 2.49. The zero-order valence-corrected chi connectivity index (χ0v) is 7.86. The third-order valence-corrected chi connectivity index (χ3v) is 2.38. The molecule has 0 aromatic heterocycles. The van der Waals surface area contributed by atoms with Gasteiger partial charge in [-0.2, -0.15) is 13.7 Å². The maximum absolute atomic E-state index is 12.5. The van der Waals surface area contributed by atoms with Crippen LogP contribution in [0.4, 0.5) is 9.57 Å². The summed E-state index contributed by atoms with van der Waals surface area (Å²) in [6.07, 6.45) is 0. The Morgan fingerprint density at radius 3 is 2.47 bits per heavy atom. The van der Waals surface area contributed by atoms with Crippen molar-refractivity contribution >= 4 is 15.9 Å². The number of rotatable bonds is 2. The summed E-state index contributed by atoms with van der Waals surface area (Å²) in [6, 6.07) is 3.68. The molecule has 78 valence electrons. The van der Waals surface area contributed by atoms with Crippen LogP contribution in [0.2, 0.25) is 0 Å². The van der Waals surface area contributed by atoms with Gasteiger partial charge >= 0.3 is 10.2 Å². The molecule has 6 nitrogen and oxygen atoms in total. The van der Waals surface area contributed by atoms with Crippen LogP contribution in [0.3, 0.4) is 0 Å². The van der Waals surface area contributed by atoms with Crippen LogP contribution in [0, 0.1) is 21.4 Å². The van der Waals surface area contributed by atoms with E-state index in [0.29, 0.717) is 6.07 Å². The molecule has 0 atom stereocenters. The summed E-state index contributed by atoms with van der Waals surface area (Å²) in [7, 11) is -5.00. The van der Waals surface area contributed by atoms with Crippen LogP contribution in [0.25, 0.3) is 0 Å². The summed E-state index contributed by atoms with van der Waals surface area (Å²) in [5, 5.41) is 18.9. The fourth-order valence-corrected chi connectivity index (χ4v) is 1.39. The van der Waals surface area contributed by atoms with Gasteiger partial charge in [-0.05, 0) is 12.1 Å². The van der Waals surface area contributed by atoms with Crippen molar-refractivity contribution in [1.29, 1.82) is 5.26 Å². The van der Waals surface area contributed by atoms with E-state index in [2.05, 4.69) is 0 Å². The van der Waals surface area contributed by atoms with Crippen LogP contribution < -0.4 is 0 Å². The topological polar surface area (TPSA) is 101 Å². The highest BCUT2D eigenvalue weighted by Crippen LogP contribution is 2.23. The van der Waals surface area contributed by atoms with Crippen molar-refractivity contribution in [1.82, 2.24) is 0 Å². The van der Waals surface area contributed by atoms with Gasteiger partial charge < -0.3 is 0 Å². The lowest BCUT2D eigenvalue weighted by Crippen LogP contribution is -1.97. The molecule has 1 aromatic rings. The van der Waals surface area contributed by atoms with E-state index in [1.165, 1.54) is 6.07 Å². The van der Waals surface area contributed by atoms with Gasteiger partial charge in [-0.3, -0.25) is 10.1 Å². The van der Waals surface area contributed by atoms with E-state index in [0.717, 1.165) is 12.1 Å². The van der Waals surface area contributed by atoms with Crippen LogP contribution in [-0.2, 0) is 10.2 Å². The van der Waals surface area contributed by atoms with E-state index < -0.39 is 25.7 Å². The van der Waals surface area contributed by atoms with Gasteiger partial charge in [0.2, 0.25) is 0 Å². The smallest absolute Gasteiger partial charge is 0.258 e. The predicted octanol–water partition coefficient (Wildman–Crippen LogP) is 1.12. The number of nitro groups is 1. The van der Waals surface area contributed by atoms with Crippen LogP contribution in [0.1, 0.15) is 5.56 Å². The van der Waals surface area contributed by atoms with Gasteiger partial charge in [-0.1, -0.05) is 0 Å². The molecule has 8 heteroatoms. The Hall–Kier alpha value is -2.01. The van der Waals surface area contributed by atoms with Gasteiger partial charge in [0.25, 0.3) is 5.69 Å². The molecule has 15 heavy (non-hydrogen) atoms. The van der Waals surface area contributed by atoms with Gasteiger partial charge in [0, 0.05) is 6.07 Å². The Kier molecular flexibility index (Phi) is 2.67. The molecule has 0 saturated heterocycles. The first-order valence-electron chi connectivity index (χ1n) is 3.49. The molecule has 0 amide bonds. The predicted molar refractivity (Wildman–Crippen MR) is 46.1 cm³/mol. The summed E-state index contributed by atoms with van der Waals surface area (Å²) in [4.78, 5) is 8.61. The highest BCUT2D eigenvalue weighted by atomic mass is 32.3. The Balaban J connectivity index is 3.50. The third-order valence-electron chi connectivity index (χ3n) is 1.57. The molecule has 0 unspecified atom stereocenters. The third kappa shape index (κ3) is 2.26. The largest absolute Gasteiger partial charge is 0.332 e. The minimum absolute atomic E-state index is 0.326. The molecule has 0 spiro atoms. The lowest BCUT2D eigenvalue weighted by atomic mass is 10.2. The van der Waals surface area contributed by atoms with E-state index in [-0.39, 0.29) is 5.56 Å². The van der Waals surface area contributed by atoms with E-state index >= 15 is 0 Å². The number of nitriles is 1. The summed E-state index contributed by atoms with van der Waals surface area (Å²) in [5.41, 5.74) is -1.07. The lowest BCUT2D eigenvalue weighted by Gasteiger charge is -1.96. The summed E-state index contributed by atoms with van der Waals surface area (Å²) in [6.45, 7) is 0. The number of nitrogens with zero attached hydrogens (tertiary/aromatic N) is 2. The molecular formula is C7H3FN2O4S. The summed E-state index contributed by atoms with van der Waals surface area (Å²) in [5.74, 6) is 0. The average molecular weight is 230 g/mol. The second kappa shape index (κ2) is 3.62. The zero-order valence-electron chi connectivity index (χ0n) is 7.05. The molecule has 0 bridgehead atoms. The van der Waals surface area contributed by atoms with Crippen LogP contribution in [-0.4, -0.2) is 13.3 Å². The molecule has 0 N–H and O–H groups in total. The number of hydrogen-bond acceptors (Lipinski definition) is 5. The fraction of sp³-hybridized carbons (Fsp3) is 0. The van der Waals surface area contributed by atoms with Gasteiger partial charge in [-0.25, -0.2) is 0 Å². The molecule has 0 fully saturated rings. The van der Waals surface area contributed by atoms with Gasteiger partial charge in [0.05, 0.1) is 4.92 Å². The average Bonchev–Trinajstić information content (AvgIpc) is 2.15. The van der Waals surface area contributed by atoms with Crippen molar-refractivity contribution in [3.63, 3.8) is 0 Å². The minimum atomic E-state index is -5.00. The molecule has 1 aromatic carbocycles. The highest BCUT2D eigenvalue weighted by Gasteiger charge is 2.20. The van der Waals surface area contributed by atoms with E-state index in [1.807, 2.05) is 0 Å². The monoisotopic (exact) mass is 230 g/mol. The Labute approximate surface area is 83.9 Å². The van der Waals surface area contributed by atoms with Gasteiger partial charge in [-0.15, -0.1) is 3.89 Å². The molecule has 0 aliphatic rings. The Morgan fingerprint density at radius 1 is 1.47 bits per heavy atom. The molecular weight excluding hydrogens is 227 g/mol. The number of benzene rings is 1. The Bertz CT molecular complexity index is 561. The quantitative estimate of drug-likeness (QED) is 0.430. The number of nitro benzene ring substituents is 1. The highest BCUT2D eigenvalue weighted by molar-refractivity contribution is 7.86. The van der Waals surface area contributed by atoms with Crippen molar-refractivity contribution in [3.8, 4) is 6.07 Å². The van der Waals surface area contributed by atoms with Gasteiger partial charge in [0.1, 0.15) is 16.5 Å². The van der Waals surface area contributed by atoms with Crippen molar-refractivity contribution in [3.05, 3.63) is 33.9 Å². The molecule has 0 aliphatic heterocycles. The maximum Gasteiger partial charge on any atom is 0.332 e. The summed E-state index contributed by atoms with van der Waals surface area (Å²) >= 11 is 0. The number of hydrogen-bond donors (Lipinski definition) is 0. The normalized spacial score (nSPS) is 10.7. The molecule has 0 saturated carbocycles. The SMILES string of the molecule is N#Cc1ccc(S(=O)(=O)F)cc1[N+](=O)[O-]. The van der Waals surface area contributed by atoms with E-state index in [4.69, 9.17) is 5.26 Å². The molecule has 1 rings (SSSR count). The van der Waals surface area contributed by atoms with Crippen LogP contribution in [0.5, 0.6) is 0 Å². The van der Waals surface area contributed by atoms with Crippen LogP contribution in [0.15, 0.2) is 23.1 Å². The maximum atomic E-state index is 12.5. The van der Waals surface area contributed by atoms with E-state index in [9.17, 15) is 22.4 Å². The fourth-order valence-electron chi connectivity index (χ4n) is 0.909. The van der Waals surface area contributed by atoms with E-state index in [1.54, 1.807) is 0 Å². The standard InChI is InChI=1S/C7H3FN2O4S/c8-15(13,14)6-2-1-5(4-9)7(3-6)10(11)12/h1-3H. The molecule has 0 radical (unpaired) electrons. The van der Waals surface area contributed by atoms with Crippen molar-refractivity contribution in [2.24, 2.45) is 0 Å².